The lowest BCUT2D eigenvalue weighted by Gasteiger charge is -2.05. The molecule has 0 heterocycles. The van der Waals surface area contributed by atoms with Crippen LogP contribution in [0.5, 0.6) is 0 Å². The topological polar surface area (TPSA) is 17.1 Å². The summed E-state index contributed by atoms with van der Waals surface area (Å²) in [5, 5.41) is 0. The second-order valence-electron chi connectivity index (χ2n) is 4.27. The Balaban J connectivity index is 0.00000172. The second kappa shape index (κ2) is 11.0. The number of hydrogen-bond donors (Lipinski definition) is 0. The molecule has 0 N–H and O–H groups in total. The molecule has 1 aromatic rings. The Morgan fingerprint density at radius 3 is 2.30 bits per heavy atom. The van der Waals surface area contributed by atoms with Gasteiger partial charge in [-0.25, -0.2) is 0 Å². The highest BCUT2D eigenvalue weighted by Gasteiger charge is 2.06. The summed E-state index contributed by atoms with van der Waals surface area (Å²) in [6, 6.07) is 9.40. The van der Waals surface area contributed by atoms with Gasteiger partial charge in [-0.2, -0.15) is 0 Å². The fourth-order valence-electron chi connectivity index (χ4n) is 1.59. The van der Waals surface area contributed by atoms with Gasteiger partial charge >= 0.3 is 0 Å². The van der Waals surface area contributed by atoms with Crippen molar-refractivity contribution in [1.82, 2.24) is 0 Å². The molecule has 0 spiro atoms. The van der Waals surface area contributed by atoms with E-state index in [1.54, 1.807) is 0 Å². The summed E-state index contributed by atoms with van der Waals surface area (Å²) in [6.45, 7) is 12.0. The number of hydrogen-bond acceptors (Lipinski definition) is 1. The number of benzene rings is 1. The third-order valence-corrected chi connectivity index (χ3v) is 2.85. The van der Waals surface area contributed by atoms with Gasteiger partial charge in [-0.15, -0.1) is 0 Å². The van der Waals surface area contributed by atoms with Crippen LogP contribution in [-0.2, 0) is 0 Å². The quantitative estimate of drug-likeness (QED) is 0.475. The zero-order valence-corrected chi connectivity index (χ0v) is 13.1. The summed E-state index contributed by atoms with van der Waals surface area (Å²) in [4.78, 5) is 11.9. The Kier molecular flexibility index (Phi) is 9.94. The van der Waals surface area contributed by atoms with Crippen LogP contribution in [0, 0.1) is 0 Å². The van der Waals surface area contributed by atoms with E-state index in [0.717, 1.165) is 16.7 Å². The van der Waals surface area contributed by atoms with Gasteiger partial charge < -0.3 is 0 Å². The zero-order valence-electron chi connectivity index (χ0n) is 13.1. The van der Waals surface area contributed by atoms with Crippen molar-refractivity contribution in [1.29, 1.82) is 0 Å². The molecule has 0 amide bonds. The van der Waals surface area contributed by atoms with Crippen molar-refractivity contribution in [3.63, 3.8) is 0 Å². The molecule has 0 radical (unpaired) electrons. The van der Waals surface area contributed by atoms with Gasteiger partial charge in [-0.3, -0.25) is 4.79 Å². The lowest BCUT2D eigenvalue weighted by atomic mass is 9.99. The van der Waals surface area contributed by atoms with Crippen molar-refractivity contribution in [2.45, 2.75) is 40.5 Å². The van der Waals surface area contributed by atoms with Crippen LogP contribution in [0.4, 0.5) is 0 Å². The molecule has 0 bridgehead atoms. The van der Waals surface area contributed by atoms with Crippen LogP contribution >= 0.6 is 0 Å². The Hall–Kier alpha value is -1.89. The maximum atomic E-state index is 11.9. The molecule has 0 fully saturated rings. The molecular weight excluding hydrogens is 244 g/mol. The van der Waals surface area contributed by atoms with Crippen LogP contribution in [-0.4, -0.2) is 5.78 Å². The van der Waals surface area contributed by atoms with Crippen LogP contribution in [0.1, 0.15) is 50.9 Å². The van der Waals surface area contributed by atoms with Crippen molar-refractivity contribution >= 4 is 5.78 Å². The number of carbonyl (C=O) groups is 1. The molecule has 0 atom stereocenters. The third kappa shape index (κ3) is 6.89. The minimum Gasteiger partial charge on any atom is -0.294 e. The monoisotopic (exact) mass is 270 g/mol. The highest BCUT2D eigenvalue weighted by Crippen LogP contribution is 2.15. The van der Waals surface area contributed by atoms with E-state index in [4.69, 9.17) is 0 Å². The smallest absolute Gasteiger partial charge is 0.163 e. The summed E-state index contributed by atoms with van der Waals surface area (Å²) in [7, 11) is 0. The number of allylic oxidation sites excluding steroid dienone is 5. The van der Waals surface area contributed by atoms with E-state index in [-0.39, 0.29) is 5.78 Å². The molecule has 20 heavy (non-hydrogen) atoms. The van der Waals surface area contributed by atoms with E-state index < -0.39 is 0 Å². The maximum absolute atomic E-state index is 11.9. The predicted octanol–water partition coefficient (Wildman–Crippen LogP) is 5.75. The minimum absolute atomic E-state index is 0.176. The molecular formula is C19H26O. The summed E-state index contributed by atoms with van der Waals surface area (Å²) >= 11 is 0. The van der Waals surface area contributed by atoms with Gasteiger partial charge in [-0.05, 0) is 25.8 Å². The van der Waals surface area contributed by atoms with E-state index in [0.29, 0.717) is 12.8 Å². The standard InChI is InChI=1S/C17H20O.C2H6/c1-4-5-9-14(2)15(3)12-13-17(18)16-10-7-6-8-11-16;1-2/h4-11H,3,12-13H2,1-2H3;1-2H3/b5-4-,14-9-;. The molecule has 108 valence electrons. The fraction of sp³-hybridized carbons (Fsp3) is 0.316. The first-order chi connectivity index (χ1) is 9.65. The minimum atomic E-state index is 0.176. The lowest BCUT2D eigenvalue weighted by molar-refractivity contribution is 0.0983. The van der Waals surface area contributed by atoms with E-state index in [1.165, 1.54) is 0 Å². The first kappa shape index (κ1) is 18.1. The van der Waals surface area contributed by atoms with Crippen molar-refractivity contribution in [2.75, 3.05) is 0 Å². The van der Waals surface area contributed by atoms with E-state index in [2.05, 4.69) is 6.58 Å². The van der Waals surface area contributed by atoms with E-state index in [9.17, 15) is 4.79 Å². The Labute approximate surface area is 123 Å². The molecule has 0 saturated heterocycles. The molecule has 1 heteroatoms. The van der Waals surface area contributed by atoms with Gasteiger partial charge in [0.05, 0.1) is 0 Å². The van der Waals surface area contributed by atoms with Gasteiger partial charge in [-0.1, -0.05) is 74.6 Å². The first-order valence-corrected chi connectivity index (χ1v) is 7.21. The second-order valence-corrected chi connectivity index (χ2v) is 4.27. The zero-order chi connectivity index (χ0) is 15.4. The van der Waals surface area contributed by atoms with Crippen molar-refractivity contribution in [3.05, 3.63) is 71.8 Å². The summed E-state index contributed by atoms with van der Waals surface area (Å²) in [5.74, 6) is 0.176. The van der Waals surface area contributed by atoms with Crippen LogP contribution in [0.2, 0.25) is 0 Å². The van der Waals surface area contributed by atoms with Crippen molar-refractivity contribution < 1.29 is 4.79 Å². The predicted molar refractivity (Wildman–Crippen MR) is 89.1 cm³/mol. The number of ketones is 1. The highest BCUT2D eigenvalue weighted by atomic mass is 16.1. The van der Waals surface area contributed by atoms with Crippen LogP contribution in [0.15, 0.2) is 66.3 Å². The van der Waals surface area contributed by atoms with E-state index >= 15 is 0 Å². The van der Waals surface area contributed by atoms with Gasteiger partial charge in [0.25, 0.3) is 0 Å². The van der Waals surface area contributed by atoms with Crippen molar-refractivity contribution in [2.24, 2.45) is 0 Å². The number of Topliss-reactive ketones (excluding diaryl/α,β-unsaturated/α-hetero) is 1. The van der Waals surface area contributed by atoms with Crippen LogP contribution < -0.4 is 0 Å². The Bertz CT molecular complexity index is 464. The highest BCUT2D eigenvalue weighted by molar-refractivity contribution is 5.96. The summed E-state index contributed by atoms with van der Waals surface area (Å²) < 4.78 is 0. The van der Waals surface area contributed by atoms with Gasteiger partial charge in [0, 0.05) is 12.0 Å². The molecule has 1 aromatic carbocycles. The summed E-state index contributed by atoms with van der Waals surface area (Å²) in [6.07, 6.45) is 7.22. The Morgan fingerprint density at radius 1 is 1.15 bits per heavy atom. The first-order valence-electron chi connectivity index (χ1n) is 7.21. The molecule has 0 saturated carbocycles. The molecule has 1 rings (SSSR count). The molecule has 0 aliphatic heterocycles. The van der Waals surface area contributed by atoms with E-state index in [1.807, 2.05) is 76.3 Å². The maximum Gasteiger partial charge on any atom is 0.163 e. The van der Waals surface area contributed by atoms with Crippen LogP contribution in [0.3, 0.4) is 0 Å². The van der Waals surface area contributed by atoms with Crippen molar-refractivity contribution in [3.8, 4) is 0 Å². The van der Waals surface area contributed by atoms with Gasteiger partial charge in [0.2, 0.25) is 0 Å². The SMILES string of the molecule is C=C(CCC(=O)c1ccccc1)/C(C)=C\C=C/C.CC. The van der Waals surface area contributed by atoms with Gasteiger partial charge in [0.1, 0.15) is 0 Å². The molecule has 0 aliphatic carbocycles. The largest absolute Gasteiger partial charge is 0.294 e. The Morgan fingerprint density at radius 2 is 1.75 bits per heavy atom. The summed E-state index contributed by atoms with van der Waals surface area (Å²) in [5.41, 5.74) is 2.94. The average Bonchev–Trinajstić information content (AvgIpc) is 2.52. The molecule has 0 aromatic heterocycles. The fourth-order valence-corrected chi connectivity index (χ4v) is 1.59. The number of carbonyl (C=O) groups excluding carboxylic acids is 1. The average molecular weight is 270 g/mol. The van der Waals surface area contributed by atoms with Crippen LogP contribution in [0.25, 0.3) is 0 Å². The molecule has 1 nitrogen and oxygen atoms in total. The molecule has 0 unspecified atom stereocenters. The lowest BCUT2D eigenvalue weighted by Crippen LogP contribution is -1.99. The number of rotatable bonds is 6. The van der Waals surface area contributed by atoms with Gasteiger partial charge in [0.15, 0.2) is 5.78 Å². The third-order valence-electron chi connectivity index (χ3n) is 2.85. The molecule has 0 aliphatic rings. The normalized spacial score (nSPS) is 10.9.